The van der Waals surface area contributed by atoms with Gasteiger partial charge in [-0.1, -0.05) is 31.0 Å². The van der Waals surface area contributed by atoms with Crippen LogP contribution in [0.1, 0.15) is 55.7 Å². The number of fused-ring (bicyclic) bond motifs is 1. The Hall–Kier alpha value is -3.06. The van der Waals surface area contributed by atoms with Crippen LogP contribution in [-0.2, 0) is 28.8 Å². The van der Waals surface area contributed by atoms with E-state index in [1.165, 1.54) is 24.0 Å². The van der Waals surface area contributed by atoms with Crippen molar-refractivity contribution in [2.75, 3.05) is 26.3 Å². The van der Waals surface area contributed by atoms with Crippen LogP contribution >= 0.6 is 0 Å². The number of aliphatic carboxylic acids is 1. The molecule has 0 bridgehead atoms. The molecule has 0 spiro atoms. The fraction of sp³-hybridized carbons (Fsp3) is 0.517. The van der Waals surface area contributed by atoms with Gasteiger partial charge in [-0.25, -0.2) is 9.59 Å². The Balaban J connectivity index is 1.31. The van der Waals surface area contributed by atoms with E-state index in [-0.39, 0.29) is 6.09 Å². The highest BCUT2D eigenvalue weighted by Crippen LogP contribution is 2.28. The highest BCUT2D eigenvalue weighted by molar-refractivity contribution is 5.72. The van der Waals surface area contributed by atoms with Crippen LogP contribution in [0, 0.1) is 5.92 Å². The number of hydrogen-bond donors (Lipinski definition) is 1. The Labute approximate surface area is 213 Å². The van der Waals surface area contributed by atoms with Crippen molar-refractivity contribution in [2.24, 2.45) is 5.92 Å². The van der Waals surface area contributed by atoms with Gasteiger partial charge in [-0.15, -0.1) is 0 Å². The van der Waals surface area contributed by atoms with E-state index in [4.69, 9.17) is 14.2 Å². The van der Waals surface area contributed by atoms with Crippen LogP contribution in [0.15, 0.2) is 42.5 Å². The number of ether oxygens (including phenoxy) is 3. The minimum atomic E-state index is -0.966. The molecule has 0 saturated heterocycles. The van der Waals surface area contributed by atoms with Crippen LogP contribution in [0.5, 0.6) is 11.5 Å². The summed E-state index contributed by atoms with van der Waals surface area (Å²) < 4.78 is 17.0. The zero-order valence-corrected chi connectivity index (χ0v) is 21.1. The first-order valence-corrected chi connectivity index (χ1v) is 13.2. The zero-order chi connectivity index (χ0) is 25.3. The molecule has 1 atom stereocenters. The molecule has 36 heavy (non-hydrogen) atoms. The quantitative estimate of drug-likeness (QED) is 0.431. The lowest BCUT2D eigenvalue weighted by Crippen LogP contribution is -2.39. The third-order valence-electron chi connectivity index (χ3n) is 7.10. The first-order valence-electron chi connectivity index (χ1n) is 13.2. The Morgan fingerprint density at radius 1 is 1.00 bits per heavy atom. The van der Waals surface area contributed by atoms with Gasteiger partial charge in [0, 0.05) is 19.6 Å². The topological polar surface area (TPSA) is 85.3 Å². The van der Waals surface area contributed by atoms with E-state index < -0.39 is 12.1 Å². The molecule has 0 radical (unpaired) electrons. The maximum atomic E-state index is 13.1. The Morgan fingerprint density at radius 2 is 1.72 bits per heavy atom. The van der Waals surface area contributed by atoms with Gasteiger partial charge in [-0.3, -0.25) is 0 Å². The Kier molecular flexibility index (Phi) is 9.23. The van der Waals surface area contributed by atoms with Gasteiger partial charge in [0.05, 0.1) is 6.54 Å². The average molecular weight is 496 g/mol. The molecule has 2 aromatic rings. The van der Waals surface area contributed by atoms with E-state index in [0.29, 0.717) is 50.1 Å². The normalized spacial score (nSPS) is 15.9. The minimum Gasteiger partial charge on any atom is -0.492 e. The van der Waals surface area contributed by atoms with Crippen molar-refractivity contribution in [2.45, 2.75) is 64.4 Å². The number of amides is 1. The van der Waals surface area contributed by atoms with Crippen molar-refractivity contribution < 1.29 is 28.9 Å². The molecule has 2 aromatic carbocycles. The molecule has 0 heterocycles. The molecule has 1 N–H and O–H groups in total. The second kappa shape index (κ2) is 12.8. The van der Waals surface area contributed by atoms with Crippen molar-refractivity contribution in [3.8, 4) is 11.5 Å². The van der Waals surface area contributed by atoms with E-state index in [1.807, 2.05) is 36.4 Å². The predicted octanol–water partition coefficient (Wildman–Crippen LogP) is 5.28. The van der Waals surface area contributed by atoms with Gasteiger partial charge in [-0.05, 0) is 85.9 Å². The maximum absolute atomic E-state index is 13.1. The monoisotopic (exact) mass is 495 g/mol. The third-order valence-corrected chi connectivity index (χ3v) is 7.10. The summed E-state index contributed by atoms with van der Waals surface area (Å²) in [6.45, 7) is 3.60. The summed E-state index contributed by atoms with van der Waals surface area (Å²) in [6.07, 6.45) is 7.13. The van der Waals surface area contributed by atoms with Crippen LogP contribution in [0.2, 0.25) is 0 Å². The summed E-state index contributed by atoms with van der Waals surface area (Å²) in [5, 5.41) is 9.28. The Morgan fingerprint density at radius 3 is 2.44 bits per heavy atom. The molecule has 0 aliphatic heterocycles. The molecule has 7 nitrogen and oxygen atoms in total. The zero-order valence-electron chi connectivity index (χ0n) is 21.1. The number of carbonyl (C=O) groups is 2. The molecule has 1 amide bonds. The number of benzene rings is 2. The van der Waals surface area contributed by atoms with Crippen molar-refractivity contribution >= 4 is 12.1 Å². The van der Waals surface area contributed by atoms with Crippen LogP contribution in [0.25, 0.3) is 0 Å². The smallest absolute Gasteiger partial charge is 0.415 e. The van der Waals surface area contributed by atoms with Gasteiger partial charge in [0.25, 0.3) is 0 Å². The third kappa shape index (κ3) is 7.23. The number of rotatable bonds is 12. The highest BCUT2D eigenvalue weighted by atomic mass is 16.6. The molecular formula is C29H37NO6. The molecule has 2 aliphatic rings. The number of carboxylic acid groups (broad SMARTS) is 1. The van der Waals surface area contributed by atoms with Crippen LogP contribution < -0.4 is 9.47 Å². The van der Waals surface area contributed by atoms with Gasteiger partial charge >= 0.3 is 12.1 Å². The van der Waals surface area contributed by atoms with E-state index in [1.54, 1.807) is 11.8 Å². The molecular weight excluding hydrogens is 458 g/mol. The molecule has 7 heteroatoms. The van der Waals surface area contributed by atoms with E-state index in [9.17, 15) is 14.7 Å². The molecule has 1 unspecified atom stereocenters. The SMILES string of the molecule is CCOC(Cc1ccc(OCCN(CC2CCCC2)C(=O)Oc2ccc3c(c2)CCC3)cc1)C(=O)O. The number of aryl methyl sites for hydroxylation is 2. The van der Waals surface area contributed by atoms with E-state index in [2.05, 4.69) is 6.07 Å². The van der Waals surface area contributed by atoms with Gasteiger partial charge in [0.15, 0.2) is 6.10 Å². The summed E-state index contributed by atoms with van der Waals surface area (Å²) in [6, 6.07) is 13.3. The van der Waals surface area contributed by atoms with Gasteiger partial charge < -0.3 is 24.2 Å². The molecule has 1 fully saturated rings. The van der Waals surface area contributed by atoms with Crippen molar-refractivity contribution in [1.29, 1.82) is 0 Å². The predicted molar refractivity (Wildman–Crippen MR) is 137 cm³/mol. The van der Waals surface area contributed by atoms with Crippen molar-refractivity contribution in [1.82, 2.24) is 4.90 Å². The summed E-state index contributed by atoms with van der Waals surface area (Å²) in [4.78, 5) is 26.2. The molecule has 1 saturated carbocycles. The molecule has 4 rings (SSSR count). The molecule has 194 valence electrons. The molecule has 2 aliphatic carbocycles. The van der Waals surface area contributed by atoms with E-state index in [0.717, 1.165) is 37.7 Å². The number of hydrogen-bond acceptors (Lipinski definition) is 5. The second-order valence-corrected chi connectivity index (χ2v) is 9.73. The lowest BCUT2D eigenvalue weighted by atomic mass is 10.1. The number of nitrogens with zero attached hydrogens (tertiary/aromatic N) is 1. The first-order chi connectivity index (χ1) is 17.5. The van der Waals surface area contributed by atoms with Crippen molar-refractivity contribution in [3.63, 3.8) is 0 Å². The van der Waals surface area contributed by atoms with Gasteiger partial charge in [0.1, 0.15) is 18.1 Å². The standard InChI is InChI=1S/C29H37NO6/c1-2-34-27(28(31)32)18-21-10-13-25(14-11-21)35-17-16-30(20-22-6-3-4-7-22)29(33)36-26-15-12-23-8-5-9-24(23)19-26/h10-15,19,22,27H,2-9,16-18,20H2,1H3,(H,31,32). The van der Waals surface area contributed by atoms with Gasteiger partial charge in [-0.2, -0.15) is 0 Å². The van der Waals surface area contributed by atoms with Crippen LogP contribution in [-0.4, -0.2) is 54.5 Å². The van der Waals surface area contributed by atoms with Gasteiger partial charge in [0.2, 0.25) is 0 Å². The minimum absolute atomic E-state index is 0.299. The van der Waals surface area contributed by atoms with E-state index >= 15 is 0 Å². The second-order valence-electron chi connectivity index (χ2n) is 9.73. The maximum Gasteiger partial charge on any atom is 0.415 e. The average Bonchev–Trinajstić information content (AvgIpc) is 3.56. The highest BCUT2D eigenvalue weighted by Gasteiger charge is 2.24. The lowest BCUT2D eigenvalue weighted by Gasteiger charge is -2.25. The summed E-state index contributed by atoms with van der Waals surface area (Å²) in [5.74, 6) is 0.825. The fourth-order valence-corrected chi connectivity index (χ4v) is 5.17. The fourth-order valence-electron chi connectivity index (χ4n) is 5.17. The van der Waals surface area contributed by atoms with Crippen LogP contribution in [0.4, 0.5) is 4.79 Å². The summed E-state index contributed by atoms with van der Waals surface area (Å²) >= 11 is 0. The lowest BCUT2D eigenvalue weighted by molar-refractivity contribution is -0.149. The summed E-state index contributed by atoms with van der Waals surface area (Å²) in [5.41, 5.74) is 3.50. The summed E-state index contributed by atoms with van der Waals surface area (Å²) in [7, 11) is 0. The number of carbonyl (C=O) groups excluding carboxylic acids is 1. The molecule has 0 aromatic heterocycles. The van der Waals surface area contributed by atoms with Crippen molar-refractivity contribution in [3.05, 3.63) is 59.2 Å². The largest absolute Gasteiger partial charge is 0.492 e. The number of carboxylic acids is 1. The van der Waals surface area contributed by atoms with Crippen LogP contribution in [0.3, 0.4) is 0 Å². The Bertz CT molecular complexity index is 1010. The first kappa shape index (κ1) is 26.0.